The number of hydrogen-bond acceptors (Lipinski definition) is 2. The van der Waals surface area contributed by atoms with E-state index in [2.05, 4.69) is 0 Å². The van der Waals surface area contributed by atoms with Gasteiger partial charge in [0.1, 0.15) is 0 Å². The third-order valence-electron chi connectivity index (χ3n) is 0.792. The van der Waals surface area contributed by atoms with Crippen molar-refractivity contribution >= 4 is 16.9 Å². The summed E-state index contributed by atoms with van der Waals surface area (Å²) in [7, 11) is 0. The van der Waals surface area contributed by atoms with Crippen LogP contribution < -0.4 is 0 Å². The Bertz CT molecular complexity index is 107. The van der Waals surface area contributed by atoms with Gasteiger partial charge in [0.05, 0.1) is 0 Å². The molecular weight excluding hydrogens is 108 g/mol. The van der Waals surface area contributed by atoms with Crippen LogP contribution in [0.1, 0.15) is 6.42 Å². The molecule has 0 aromatic rings. The van der Waals surface area contributed by atoms with Crippen LogP contribution in [0.5, 0.6) is 0 Å². The standard InChI is InChI=1S/C5H6OS/c6-5-3-1-2-4-7-5/h1-2H,3-4H2. The van der Waals surface area contributed by atoms with Crippen molar-refractivity contribution in [2.45, 2.75) is 6.42 Å². The quantitative estimate of drug-likeness (QED) is 0.440. The van der Waals surface area contributed by atoms with E-state index in [-0.39, 0.29) is 0 Å². The Hall–Kier alpha value is -0.240. The minimum atomic E-state index is 0.294. The fourth-order valence-corrected chi connectivity index (χ4v) is 1.08. The first-order valence-corrected chi connectivity index (χ1v) is 3.19. The van der Waals surface area contributed by atoms with Crippen molar-refractivity contribution in [2.24, 2.45) is 0 Å². The second kappa shape index (κ2) is 2.17. The molecule has 0 radical (unpaired) electrons. The van der Waals surface area contributed by atoms with E-state index in [4.69, 9.17) is 0 Å². The summed E-state index contributed by atoms with van der Waals surface area (Å²) < 4.78 is 0. The predicted octanol–water partition coefficient (Wildman–Crippen LogP) is 1.21. The SMILES string of the molecule is O=C1CC=CCS1. The molecule has 0 N–H and O–H groups in total. The minimum Gasteiger partial charge on any atom is -0.287 e. The molecule has 0 aromatic heterocycles. The van der Waals surface area contributed by atoms with Crippen LogP contribution in [0.3, 0.4) is 0 Å². The molecule has 0 saturated carbocycles. The van der Waals surface area contributed by atoms with Crippen molar-refractivity contribution in [1.82, 2.24) is 0 Å². The molecule has 0 saturated heterocycles. The molecule has 1 rings (SSSR count). The Balaban J connectivity index is 2.47. The Labute approximate surface area is 46.8 Å². The van der Waals surface area contributed by atoms with Gasteiger partial charge in [0.25, 0.3) is 0 Å². The van der Waals surface area contributed by atoms with Crippen LogP contribution in [0.4, 0.5) is 0 Å². The lowest BCUT2D eigenvalue weighted by atomic mass is 10.4. The summed E-state index contributed by atoms with van der Waals surface area (Å²) in [5.41, 5.74) is 0. The van der Waals surface area contributed by atoms with Crippen LogP contribution in [0, 0.1) is 0 Å². The molecule has 0 fully saturated rings. The first kappa shape index (κ1) is 4.91. The van der Waals surface area contributed by atoms with Crippen molar-refractivity contribution in [2.75, 3.05) is 5.75 Å². The van der Waals surface area contributed by atoms with Gasteiger partial charge < -0.3 is 0 Å². The topological polar surface area (TPSA) is 17.1 Å². The van der Waals surface area contributed by atoms with E-state index in [1.165, 1.54) is 11.8 Å². The van der Waals surface area contributed by atoms with Crippen LogP contribution in [0.2, 0.25) is 0 Å². The molecule has 0 aromatic carbocycles. The van der Waals surface area contributed by atoms with Gasteiger partial charge in [-0.05, 0) is 0 Å². The zero-order chi connectivity index (χ0) is 5.11. The van der Waals surface area contributed by atoms with Crippen LogP contribution in [0.25, 0.3) is 0 Å². The van der Waals surface area contributed by atoms with E-state index < -0.39 is 0 Å². The highest BCUT2D eigenvalue weighted by atomic mass is 32.2. The first-order chi connectivity index (χ1) is 3.39. The van der Waals surface area contributed by atoms with E-state index >= 15 is 0 Å². The molecule has 2 heteroatoms. The van der Waals surface area contributed by atoms with Gasteiger partial charge in [-0.15, -0.1) is 0 Å². The van der Waals surface area contributed by atoms with Gasteiger partial charge >= 0.3 is 0 Å². The molecule has 0 atom stereocenters. The minimum absolute atomic E-state index is 0.294. The summed E-state index contributed by atoms with van der Waals surface area (Å²) in [5.74, 6) is 0.874. The van der Waals surface area contributed by atoms with E-state index in [9.17, 15) is 4.79 Å². The third kappa shape index (κ3) is 1.35. The highest BCUT2D eigenvalue weighted by molar-refractivity contribution is 8.13. The number of allylic oxidation sites excluding steroid dienone is 1. The van der Waals surface area contributed by atoms with Gasteiger partial charge in [-0.25, -0.2) is 0 Å². The molecular formula is C5H6OS. The van der Waals surface area contributed by atoms with Crippen LogP contribution >= 0.6 is 11.8 Å². The Kier molecular flexibility index (Phi) is 1.52. The smallest absolute Gasteiger partial charge is 0.192 e. The van der Waals surface area contributed by atoms with E-state index in [1.54, 1.807) is 0 Å². The lowest BCUT2D eigenvalue weighted by molar-refractivity contribution is -0.110. The van der Waals surface area contributed by atoms with Crippen LogP contribution in [-0.2, 0) is 4.79 Å². The van der Waals surface area contributed by atoms with Gasteiger partial charge in [-0.1, -0.05) is 23.9 Å². The Morgan fingerprint density at radius 3 is 2.71 bits per heavy atom. The maximum absolute atomic E-state index is 10.4. The summed E-state index contributed by atoms with van der Waals surface area (Å²) in [4.78, 5) is 10.4. The molecule has 1 heterocycles. The third-order valence-corrected chi connectivity index (χ3v) is 1.64. The van der Waals surface area contributed by atoms with E-state index in [1.807, 2.05) is 12.2 Å². The normalized spacial score (nSPS) is 20.3. The van der Waals surface area contributed by atoms with Gasteiger partial charge in [0.15, 0.2) is 5.12 Å². The second-order valence-corrected chi connectivity index (χ2v) is 2.44. The summed E-state index contributed by atoms with van der Waals surface area (Å²) >= 11 is 1.39. The van der Waals surface area contributed by atoms with E-state index in [0.29, 0.717) is 11.5 Å². The zero-order valence-electron chi connectivity index (χ0n) is 3.89. The summed E-state index contributed by atoms with van der Waals surface area (Å²) in [5, 5.41) is 0.294. The fraction of sp³-hybridized carbons (Fsp3) is 0.400. The molecule has 38 valence electrons. The molecule has 1 aliphatic rings. The van der Waals surface area contributed by atoms with Crippen LogP contribution in [0.15, 0.2) is 12.2 Å². The van der Waals surface area contributed by atoms with Gasteiger partial charge in [-0.3, -0.25) is 4.79 Å². The van der Waals surface area contributed by atoms with Crippen molar-refractivity contribution in [3.8, 4) is 0 Å². The second-order valence-electron chi connectivity index (χ2n) is 1.36. The number of thioether (sulfide) groups is 1. The monoisotopic (exact) mass is 114 g/mol. The summed E-state index contributed by atoms with van der Waals surface area (Å²) in [6, 6.07) is 0. The maximum Gasteiger partial charge on any atom is 0.192 e. The largest absolute Gasteiger partial charge is 0.287 e. The zero-order valence-corrected chi connectivity index (χ0v) is 4.70. The number of carbonyl (C=O) groups excluding carboxylic acids is 1. The molecule has 0 spiro atoms. The van der Waals surface area contributed by atoms with Gasteiger partial charge in [-0.2, -0.15) is 0 Å². The summed E-state index contributed by atoms with van der Waals surface area (Å²) in [6.07, 6.45) is 4.57. The Morgan fingerprint density at radius 2 is 2.43 bits per heavy atom. The highest BCUT2D eigenvalue weighted by Gasteiger charge is 2.00. The number of rotatable bonds is 0. The summed E-state index contributed by atoms with van der Waals surface area (Å²) in [6.45, 7) is 0. The van der Waals surface area contributed by atoms with Gasteiger partial charge in [0.2, 0.25) is 0 Å². The predicted molar refractivity (Wildman–Crippen MR) is 31.2 cm³/mol. The number of hydrogen-bond donors (Lipinski definition) is 0. The fourth-order valence-electron chi connectivity index (χ4n) is 0.448. The lowest BCUT2D eigenvalue weighted by Gasteiger charge is -1.97. The van der Waals surface area contributed by atoms with Crippen molar-refractivity contribution in [1.29, 1.82) is 0 Å². The molecule has 0 aliphatic carbocycles. The number of carbonyl (C=O) groups is 1. The molecule has 0 unspecified atom stereocenters. The molecule has 1 nitrogen and oxygen atoms in total. The molecule has 1 aliphatic heterocycles. The van der Waals surface area contributed by atoms with Crippen molar-refractivity contribution in [3.63, 3.8) is 0 Å². The van der Waals surface area contributed by atoms with Crippen molar-refractivity contribution in [3.05, 3.63) is 12.2 Å². The first-order valence-electron chi connectivity index (χ1n) is 2.20. The van der Waals surface area contributed by atoms with Crippen molar-refractivity contribution < 1.29 is 4.79 Å². The maximum atomic E-state index is 10.4. The van der Waals surface area contributed by atoms with Crippen LogP contribution in [-0.4, -0.2) is 10.9 Å². The highest BCUT2D eigenvalue weighted by Crippen LogP contribution is 2.10. The molecule has 0 amide bonds. The average Bonchev–Trinajstić information content (AvgIpc) is 1.69. The Morgan fingerprint density at radius 1 is 1.57 bits per heavy atom. The molecule has 7 heavy (non-hydrogen) atoms. The lowest BCUT2D eigenvalue weighted by Crippen LogP contribution is -1.93. The molecule has 0 bridgehead atoms. The van der Waals surface area contributed by atoms with Gasteiger partial charge in [0, 0.05) is 12.2 Å². The average molecular weight is 114 g/mol. The van der Waals surface area contributed by atoms with E-state index in [0.717, 1.165) is 5.75 Å².